The van der Waals surface area contributed by atoms with Gasteiger partial charge in [-0.05, 0) is 43.4 Å². The molecule has 0 aromatic carbocycles. The lowest BCUT2D eigenvalue weighted by molar-refractivity contribution is -0.161. The van der Waals surface area contributed by atoms with E-state index in [4.69, 9.17) is 37.0 Å². The van der Waals surface area contributed by atoms with Crippen LogP contribution in [0.4, 0.5) is 0 Å². The first-order chi connectivity index (χ1) is 49.3. The molecule has 0 spiro atoms. The molecule has 102 heavy (non-hydrogen) atoms. The molecule has 3 N–H and O–H groups in total. The fourth-order valence-electron chi connectivity index (χ4n) is 12.8. The molecular formula is C83H162O17P2. The molecule has 0 heterocycles. The molecule has 0 saturated carbocycles. The molecule has 0 aliphatic carbocycles. The summed E-state index contributed by atoms with van der Waals surface area (Å²) >= 11 is 0. The van der Waals surface area contributed by atoms with E-state index in [2.05, 4.69) is 48.5 Å². The molecule has 0 radical (unpaired) electrons. The second-order valence-electron chi connectivity index (χ2n) is 31.1. The van der Waals surface area contributed by atoms with Crippen LogP contribution in [-0.4, -0.2) is 96.7 Å². The van der Waals surface area contributed by atoms with Gasteiger partial charge >= 0.3 is 39.5 Å². The lowest BCUT2D eigenvalue weighted by atomic mass is 9.99. The van der Waals surface area contributed by atoms with Crippen molar-refractivity contribution in [2.75, 3.05) is 39.6 Å². The van der Waals surface area contributed by atoms with Crippen LogP contribution < -0.4 is 0 Å². The van der Waals surface area contributed by atoms with Crippen LogP contribution in [0.3, 0.4) is 0 Å². The summed E-state index contributed by atoms with van der Waals surface area (Å²) < 4.78 is 68.8. The number of hydrogen-bond acceptors (Lipinski definition) is 15. The Balaban J connectivity index is 5.26. The zero-order valence-electron chi connectivity index (χ0n) is 67.1. The molecule has 0 amide bonds. The van der Waals surface area contributed by atoms with E-state index in [0.29, 0.717) is 25.7 Å². The van der Waals surface area contributed by atoms with E-state index in [1.807, 2.05) is 0 Å². The summed E-state index contributed by atoms with van der Waals surface area (Å²) in [4.78, 5) is 73.1. The average molecular weight is 1490 g/mol. The Morgan fingerprint density at radius 1 is 0.284 bits per heavy atom. The maximum atomic E-state index is 13.1. The number of carbonyl (C=O) groups is 4. The highest BCUT2D eigenvalue weighted by Gasteiger charge is 2.30. The highest BCUT2D eigenvalue weighted by atomic mass is 31.2. The van der Waals surface area contributed by atoms with Gasteiger partial charge in [-0.2, -0.15) is 0 Å². The van der Waals surface area contributed by atoms with Crippen LogP contribution in [0.25, 0.3) is 0 Å². The molecule has 0 aromatic heterocycles. The number of ether oxygens (including phenoxy) is 4. The third-order valence-electron chi connectivity index (χ3n) is 19.7. The Kier molecular flexibility index (Phi) is 71.8. The maximum absolute atomic E-state index is 13.1. The molecule has 0 saturated heterocycles. The van der Waals surface area contributed by atoms with Gasteiger partial charge in [0.25, 0.3) is 0 Å². The summed E-state index contributed by atoms with van der Waals surface area (Å²) in [6, 6.07) is 0. The number of phosphoric acid groups is 2. The summed E-state index contributed by atoms with van der Waals surface area (Å²) in [6.45, 7) is 12.0. The van der Waals surface area contributed by atoms with Gasteiger partial charge in [0.2, 0.25) is 0 Å². The molecule has 3 unspecified atom stereocenters. The Labute approximate surface area is 626 Å². The summed E-state index contributed by atoms with van der Waals surface area (Å²) in [5.41, 5.74) is 0. The molecule has 0 aromatic rings. The van der Waals surface area contributed by atoms with Gasteiger partial charge in [0.15, 0.2) is 12.2 Å². The van der Waals surface area contributed by atoms with E-state index in [-0.39, 0.29) is 25.7 Å². The van der Waals surface area contributed by atoms with Crippen molar-refractivity contribution in [3.63, 3.8) is 0 Å². The lowest BCUT2D eigenvalue weighted by Crippen LogP contribution is -2.30. The molecule has 17 nitrogen and oxygen atoms in total. The SMILES string of the molecule is CCCCCCCCCCCCCCCCCCCCCCC(=O)O[C@H](COC(=O)CCCCCCCCCCCCCCC(C)C)COP(=O)(O)OC[C@@H](O)COP(=O)(O)OC[C@@H](COC(=O)CCCCCCCCCCCCC(C)C)OC(=O)CCCCCCCCCCCCC(C)CC. The number of carbonyl (C=O) groups excluding carboxylic acids is 4. The summed E-state index contributed by atoms with van der Waals surface area (Å²) in [5, 5.41) is 10.7. The van der Waals surface area contributed by atoms with Crippen molar-refractivity contribution in [1.82, 2.24) is 0 Å². The molecular weight excluding hydrogens is 1330 g/mol. The van der Waals surface area contributed by atoms with Gasteiger partial charge in [-0.25, -0.2) is 9.13 Å². The van der Waals surface area contributed by atoms with Crippen molar-refractivity contribution in [3.8, 4) is 0 Å². The predicted molar refractivity (Wildman–Crippen MR) is 418 cm³/mol. The van der Waals surface area contributed by atoms with Crippen LogP contribution in [0, 0.1) is 17.8 Å². The van der Waals surface area contributed by atoms with Crippen LogP contribution in [0.15, 0.2) is 0 Å². The van der Waals surface area contributed by atoms with Crippen molar-refractivity contribution >= 4 is 39.5 Å². The maximum Gasteiger partial charge on any atom is 0.472 e. The smallest absolute Gasteiger partial charge is 0.462 e. The second-order valence-corrected chi connectivity index (χ2v) is 34.0. The van der Waals surface area contributed by atoms with E-state index in [1.54, 1.807) is 0 Å². The minimum Gasteiger partial charge on any atom is -0.462 e. The van der Waals surface area contributed by atoms with E-state index < -0.39 is 97.5 Å². The molecule has 0 aliphatic rings. The Morgan fingerprint density at radius 2 is 0.500 bits per heavy atom. The second kappa shape index (κ2) is 73.2. The number of esters is 4. The number of aliphatic hydroxyl groups is 1. The molecule has 6 atom stereocenters. The molecule has 19 heteroatoms. The molecule has 0 fully saturated rings. The zero-order chi connectivity index (χ0) is 75.1. The Hall–Kier alpha value is -1.94. The first-order valence-electron chi connectivity index (χ1n) is 42.9. The summed E-state index contributed by atoms with van der Waals surface area (Å²) in [5.74, 6) is 0.235. The van der Waals surface area contributed by atoms with Crippen molar-refractivity contribution in [2.24, 2.45) is 17.8 Å². The topological polar surface area (TPSA) is 237 Å². The van der Waals surface area contributed by atoms with E-state index >= 15 is 0 Å². The third kappa shape index (κ3) is 74.9. The predicted octanol–water partition coefficient (Wildman–Crippen LogP) is 24.9. The minimum absolute atomic E-state index is 0.106. The van der Waals surface area contributed by atoms with Gasteiger partial charge < -0.3 is 33.8 Å². The zero-order valence-corrected chi connectivity index (χ0v) is 68.9. The molecule has 606 valence electrons. The number of rotatable bonds is 81. The van der Waals surface area contributed by atoms with Crippen molar-refractivity contribution in [3.05, 3.63) is 0 Å². The number of hydrogen-bond donors (Lipinski definition) is 3. The highest BCUT2D eigenvalue weighted by Crippen LogP contribution is 2.45. The fourth-order valence-corrected chi connectivity index (χ4v) is 14.4. The minimum atomic E-state index is -4.96. The van der Waals surface area contributed by atoms with E-state index in [1.165, 1.54) is 244 Å². The van der Waals surface area contributed by atoms with Crippen molar-refractivity contribution < 1.29 is 80.2 Å². The number of aliphatic hydroxyl groups excluding tert-OH is 1. The van der Waals surface area contributed by atoms with Crippen LogP contribution in [0.1, 0.15) is 434 Å². The lowest BCUT2D eigenvalue weighted by Gasteiger charge is -2.21. The van der Waals surface area contributed by atoms with E-state index in [9.17, 15) is 43.2 Å². The van der Waals surface area contributed by atoms with Gasteiger partial charge in [0.1, 0.15) is 19.3 Å². The molecule has 0 aliphatic heterocycles. The Bertz CT molecular complexity index is 1980. The first kappa shape index (κ1) is 100. The van der Waals surface area contributed by atoms with Crippen molar-refractivity contribution in [1.29, 1.82) is 0 Å². The van der Waals surface area contributed by atoms with E-state index in [0.717, 1.165) is 108 Å². The summed E-state index contributed by atoms with van der Waals surface area (Å²) in [7, 11) is -9.93. The van der Waals surface area contributed by atoms with Gasteiger partial charge in [-0.1, -0.05) is 382 Å². The number of phosphoric ester groups is 2. The number of unbranched alkanes of at least 4 members (excludes halogenated alkanes) is 48. The third-order valence-corrected chi connectivity index (χ3v) is 21.6. The van der Waals surface area contributed by atoms with Crippen LogP contribution >= 0.6 is 15.6 Å². The first-order valence-corrected chi connectivity index (χ1v) is 45.9. The normalized spacial score (nSPS) is 14.2. The largest absolute Gasteiger partial charge is 0.472 e. The van der Waals surface area contributed by atoms with Crippen LogP contribution in [0.5, 0.6) is 0 Å². The quantitative estimate of drug-likeness (QED) is 0.0222. The van der Waals surface area contributed by atoms with Gasteiger partial charge in [0, 0.05) is 25.7 Å². The fraction of sp³-hybridized carbons (Fsp3) is 0.952. The molecule has 0 bridgehead atoms. The van der Waals surface area contributed by atoms with Crippen LogP contribution in [0.2, 0.25) is 0 Å². The summed E-state index contributed by atoms with van der Waals surface area (Å²) in [6.07, 6.45) is 62.3. The average Bonchev–Trinajstić information content (AvgIpc) is 0.911. The standard InChI is InChI=1S/C83H162O17P2/c1-8-10-11-12-13-14-15-16-17-18-19-20-21-22-23-28-38-45-52-59-66-82(87)99-78(70-93-80(85)64-57-50-43-36-27-25-24-26-33-40-47-54-61-74(3)4)72-97-101(89,90)95-68-77(84)69-96-102(91,92)98-73-79(71-94-81(86)65-58-51-44-37-31-29-34-41-48-55-62-75(5)6)100-83(88)67-60-53-46-39-32-30-35-42-49-56-63-76(7)9-2/h74-79,84H,8-73H2,1-7H3,(H,89,90)(H,91,92)/t76?,77-,78-,79-/m1/s1. The monoisotopic (exact) mass is 1490 g/mol. The van der Waals surface area contributed by atoms with Gasteiger partial charge in [-0.3, -0.25) is 37.3 Å². The molecule has 0 rings (SSSR count). The van der Waals surface area contributed by atoms with Gasteiger partial charge in [-0.15, -0.1) is 0 Å². The van der Waals surface area contributed by atoms with Crippen LogP contribution in [-0.2, 0) is 65.4 Å². The highest BCUT2D eigenvalue weighted by molar-refractivity contribution is 7.47. The van der Waals surface area contributed by atoms with Crippen molar-refractivity contribution in [2.45, 2.75) is 452 Å². The van der Waals surface area contributed by atoms with Gasteiger partial charge in [0.05, 0.1) is 26.4 Å². The Morgan fingerprint density at radius 3 is 0.745 bits per heavy atom.